The molecule has 1 heterocycles. The second-order valence-electron chi connectivity index (χ2n) is 9.41. The summed E-state index contributed by atoms with van der Waals surface area (Å²) in [4.78, 5) is 42.1. The van der Waals surface area contributed by atoms with Gasteiger partial charge in [0.1, 0.15) is 16.4 Å². The highest BCUT2D eigenvalue weighted by atomic mass is 32.2. The second-order valence-corrected chi connectivity index (χ2v) is 10.5. The summed E-state index contributed by atoms with van der Waals surface area (Å²) in [7, 11) is 1.51. The van der Waals surface area contributed by atoms with Crippen molar-refractivity contribution in [3.05, 3.63) is 89.0 Å². The molecule has 1 saturated carbocycles. The molecule has 0 saturated heterocycles. The number of hydrogen-bond donors (Lipinski definition) is 2. The lowest BCUT2D eigenvalue weighted by molar-refractivity contribution is -0.121. The van der Waals surface area contributed by atoms with Gasteiger partial charge in [0, 0.05) is 22.2 Å². The van der Waals surface area contributed by atoms with Gasteiger partial charge in [0.25, 0.3) is 11.8 Å². The minimum atomic E-state index is -0.453. The molecule has 0 unspecified atom stereocenters. The van der Waals surface area contributed by atoms with Crippen LogP contribution in [0.1, 0.15) is 31.2 Å². The van der Waals surface area contributed by atoms with Crippen molar-refractivity contribution in [3.63, 3.8) is 0 Å². The summed E-state index contributed by atoms with van der Waals surface area (Å²) < 4.78 is 5.47. The van der Waals surface area contributed by atoms with Gasteiger partial charge in [-0.2, -0.15) is 0 Å². The number of carbonyl (C=O) groups is 3. The monoisotopic (exact) mass is 527 g/mol. The van der Waals surface area contributed by atoms with Crippen molar-refractivity contribution in [2.75, 3.05) is 22.6 Å². The first-order valence-electron chi connectivity index (χ1n) is 12.6. The highest BCUT2D eigenvalue weighted by Gasteiger charge is 2.41. The highest BCUT2D eigenvalue weighted by molar-refractivity contribution is 8.04. The number of nitrogens with zero attached hydrogens (tertiary/aromatic N) is 1. The van der Waals surface area contributed by atoms with E-state index in [2.05, 4.69) is 10.6 Å². The van der Waals surface area contributed by atoms with E-state index in [0.717, 1.165) is 41.0 Å². The number of benzene rings is 3. The standard InChI is InChI=1S/C30H29N3O4S/c1-19-12-17-25(37-2)24(18-19)33-29(35)26(31-21-10-4-3-5-11-21)27(30(33)36)38-23-15-13-22(14-16-23)32-28(34)20-8-6-7-9-20/h3-5,10-18,20,31H,6-9H2,1-2H3,(H,32,34). The van der Waals surface area contributed by atoms with Crippen LogP contribution in [0.3, 0.4) is 0 Å². The fourth-order valence-electron chi connectivity index (χ4n) is 4.73. The van der Waals surface area contributed by atoms with Gasteiger partial charge < -0.3 is 15.4 Å². The van der Waals surface area contributed by atoms with E-state index in [1.807, 2.05) is 67.6 Å². The predicted octanol–water partition coefficient (Wildman–Crippen LogP) is 6.12. The number of rotatable bonds is 8. The molecular weight excluding hydrogens is 498 g/mol. The third-order valence-electron chi connectivity index (χ3n) is 6.73. The number of aryl methyl sites for hydroxylation is 1. The molecule has 1 fully saturated rings. The predicted molar refractivity (Wildman–Crippen MR) is 150 cm³/mol. The summed E-state index contributed by atoms with van der Waals surface area (Å²) >= 11 is 1.21. The number of nitrogens with one attached hydrogen (secondary N) is 2. The van der Waals surface area contributed by atoms with E-state index in [0.29, 0.717) is 22.8 Å². The number of carbonyl (C=O) groups excluding carboxylic acids is 3. The molecule has 3 amide bonds. The Morgan fingerprint density at radius 1 is 0.921 bits per heavy atom. The summed E-state index contributed by atoms with van der Waals surface area (Å²) in [5.74, 6) is -0.316. The second kappa shape index (κ2) is 11.1. The van der Waals surface area contributed by atoms with Gasteiger partial charge in [-0.05, 0) is 73.9 Å². The van der Waals surface area contributed by atoms with Gasteiger partial charge in [-0.25, -0.2) is 4.90 Å². The van der Waals surface area contributed by atoms with E-state index in [4.69, 9.17) is 4.74 Å². The van der Waals surface area contributed by atoms with Crippen molar-refractivity contribution in [2.45, 2.75) is 37.5 Å². The summed E-state index contributed by atoms with van der Waals surface area (Å²) in [5, 5.41) is 6.15. The van der Waals surface area contributed by atoms with Gasteiger partial charge in [0.05, 0.1) is 12.8 Å². The molecule has 5 rings (SSSR count). The first-order chi connectivity index (χ1) is 18.4. The summed E-state index contributed by atoms with van der Waals surface area (Å²) in [6, 6.07) is 22.0. The van der Waals surface area contributed by atoms with Crippen molar-refractivity contribution in [1.82, 2.24) is 0 Å². The summed E-state index contributed by atoms with van der Waals surface area (Å²) in [5.41, 5.74) is 2.91. The van der Waals surface area contributed by atoms with Crippen molar-refractivity contribution >= 4 is 46.5 Å². The zero-order chi connectivity index (χ0) is 26.6. The molecule has 2 N–H and O–H groups in total. The SMILES string of the molecule is COc1ccc(C)cc1N1C(=O)C(Nc2ccccc2)=C(Sc2ccc(NC(=O)C3CCCC3)cc2)C1=O. The average molecular weight is 528 g/mol. The fraction of sp³-hybridized carbons (Fsp3) is 0.233. The van der Waals surface area contributed by atoms with Crippen LogP contribution in [0.5, 0.6) is 5.75 Å². The topological polar surface area (TPSA) is 87.7 Å². The smallest absolute Gasteiger partial charge is 0.283 e. The molecule has 7 nitrogen and oxygen atoms in total. The van der Waals surface area contributed by atoms with Crippen LogP contribution in [0.2, 0.25) is 0 Å². The molecule has 2 aliphatic rings. The van der Waals surface area contributed by atoms with Crippen LogP contribution in [-0.2, 0) is 14.4 Å². The molecule has 0 atom stereocenters. The Bertz CT molecular complexity index is 1400. The minimum Gasteiger partial charge on any atom is -0.495 e. The van der Waals surface area contributed by atoms with Crippen LogP contribution < -0.4 is 20.3 Å². The lowest BCUT2D eigenvalue weighted by Gasteiger charge is -2.19. The number of para-hydroxylation sites is 1. The summed E-state index contributed by atoms with van der Waals surface area (Å²) in [6.45, 7) is 1.90. The molecule has 3 aromatic carbocycles. The quantitative estimate of drug-likeness (QED) is 0.343. The van der Waals surface area contributed by atoms with Gasteiger partial charge in [-0.3, -0.25) is 14.4 Å². The Morgan fingerprint density at radius 2 is 1.63 bits per heavy atom. The van der Waals surface area contributed by atoms with Gasteiger partial charge in [0.15, 0.2) is 0 Å². The molecule has 1 aliphatic heterocycles. The number of thioether (sulfide) groups is 1. The van der Waals surface area contributed by atoms with Gasteiger partial charge in [0.2, 0.25) is 5.91 Å². The Hall–Kier alpha value is -4.04. The normalized spacial score (nSPS) is 15.8. The maximum atomic E-state index is 13.7. The Balaban J connectivity index is 1.43. The maximum Gasteiger partial charge on any atom is 0.283 e. The highest BCUT2D eigenvalue weighted by Crippen LogP contribution is 2.41. The van der Waals surface area contributed by atoms with E-state index in [1.54, 1.807) is 12.1 Å². The van der Waals surface area contributed by atoms with E-state index in [1.165, 1.54) is 18.9 Å². The number of imide groups is 1. The maximum absolute atomic E-state index is 13.7. The molecule has 0 radical (unpaired) electrons. The minimum absolute atomic E-state index is 0.0549. The van der Waals surface area contributed by atoms with E-state index in [-0.39, 0.29) is 22.4 Å². The molecule has 0 spiro atoms. The Morgan fingerprint density at radius 3 is 2.32 bits per heavy atom. The number of methoxy groups -OCH3 is 1. The van der Waals surface area contributed by atoms with Crippen molar-refractivity contribution in [1.29, 1.82) is 0 Å². The van der Waals surface area contributed by atoms with E-state index < -0.39 is 11.8 Å². The first-order valence-corrected chi connectivity index (χ1v) is 13.4. The van der Waals surface area contributed by atoms with E-state index >= 15 is 0 Å². The average Bonchev–Trinajstić information content (AvgIpc) is 3.54. The molecule has 0 bridgehead atoms. The van der Waals surface area contributed by atoms with Crippen LogP contribution in [0.4, 0.5) is 17.1 Å². The molecule has 3 aromatic rings. The molecule has 38 heavy (non-hydrogen) atoms. The molecule has 194 valence electrons. The fourth-order valence-corrected chi connectivity index (χ4v) is 5.66. The van der Waals surface area contributed by atoms with Crippen LogP contribution >= 0.6 is 11.8 Å². The van der Waals surface area contributed by atoms with Gasteiger partial charge >= 0.3 is 0 Å². The molecule has 0 aromatic heterocycles. The lowest BCUT2D eigenvalue weighted by atomic mass is 10.1. The zero-order valence-corrected chi connectivity index (χ0v) is 22.1. The Labute approximate surface area is 226 Å². The number of anilines is 3. The Kier molecular flexibility index (Phi) is 7.51. The van der Waals surface area contributed by atoms with Crippen molar-refractivity contribution in [3.8, 4) is 5.75 Å². The number of amides is 3. The van der Waals surface area contributed by atoms with Crippen LogP contribution in [-0.4, -0.2) is 24.8 Å². The summed E-state index contributed by atoms with van der Waals surface area (Å²) in [6.07, 6.45) is 4.06. The third kappa shape index (κ3) is 5.31. The largest absolute Gasteiger partial charge is 0.495 e. The lowest BCUT2D eigenvalue weighted by Crippen LogP contribution is -2.32. The first kappa shape index (κ1) is 25.6. The molecule has 8 heteroatoms. The molecule has 1 aliphatic carbocycles. The van der Waals surface area contributed by atoms with Gasteiger partial charge in [-0.1, -0.05) is 48.9 Å². The molecular formula is C30H29N3O4S. The van der Waals surface area contributed by atoms with Crippen LogP contribution in [0, 0.1) is 12.8 Å². The van der Waals surface area contributed by atoms with Crippen LogP contribution in [0.15, 0.2) is 88.3 Å². The zero-order valence-electron chi connectivity index (χ0n) is 21.3. The van der Waals surface area contributed by atoms with Crippen molar-refractivity contribution < 1.29 is 19.1 Å². The third-order valence-corrected chi connectivity index (χ3v) is 7.82. The number of ether oxygens (including phenoxy) is 1. The number of hydrogen-bond acceptors (Lipinski definition) is 6. The van der Waals surface area contributed by atoms with Crippen molar-refractivity contribution in [2.24, 2.45) is 5.92 Å². The van der Waals surface area contributed by atoms with E-state index in [9.17, 15) is 14.4 Å². The van der Waals surface area contributed by atoms with Gasteiger partial charge in [-0.15, -0.1) is 0 Å². The van der Waals surface area contributed by atoms with Crippen LogP contribution in [0.25, 0.3) is 0 Å².